The molecule has 1 atom stereocenters. The van der Waals surface area contributed by atoms with E-state index in [1.54, 1.807) is 0 Å². The summed E-state index contributed by atoms with van der Waals surface area (Å²) in [5.74, 6) is -0.880. The number of anilines is 1. The molecule has 1 rings (SSSR count). The van der Waals surface area contributed by atoms with Crippen molar-refractivity contribution in [3.63, 3.8) is 0 Å². The first-order chi connectivity index (χ1) is 8.49. The highest BCUT2D eigenvalue weighted by Crippen LogP contribution is 2.06. The molecule has 0 aliphatic rings. The van der Waals surface area contributed by atoms with Gasteiger partial charge < -0.3 is 15.7 Å². The fraction of sp³-hybridized carbons (Fsp3) is 0.455. The Kier molecular flexibility index (Phi) is 5.04. The zero-order chi connectivity index (χ0) is 13.5. The summed E-state index contributed by atoms with van der Waals surface area (Å²) in [6, 6.07) is -1.49. The van der Waals surface area contributed by atoms with E-state index in [4.69, 9.17) is 5.11 Å². The van der Waals surface area contributed by atoms with Crippen molar-refractivity contribution in [3.8, 4) is 0 Å². The number of rotatable bonds is 5. The number of aliphatic carboxylic acids is 1. The number of hydrogen-bond donors (Lipinski definition) is 3. The minimum absolute atomic E-state index is 0.173. The Labute approximate surface area is 105 Å². The highest BCUT2D eigenvalue weighted by Gasteiger charge is 2.20. The fourth-order valence-corrected chi connectivity index (χ4v) is 1.38. The third kappa shape index (κ3) is 4.77. The molecule has 18 heavy (non-hydrogen) atoms. The van der Waals surface area contributed by atoms with Crippen LogP contribution in [0.25, 0.3) is 0 Å². The Morgan fingerprint density at radius 2 is 1.94 bits per heavy atom. The molecule has 0 fully saturated rings. The van der Waals surface area contributed by atoms with Crippen molar-refractivity contribution in [2.45, 2.75) is 26.3 Å². The molecule has 0 spiro atoms. The molecule has 0 aromatic carbocycles. The quantitative estimate of drug-likeness (QED) is 0.727. The Morgan fingerprint density at radius 3 is 2.44 bits per heavy atom. The second kappa shape index (κ2) is 6.53. The van der Waals surface area contributed by atoms with Gasteiger partial charge in [-0.05, 0) is 12.3 Å². The molecule has 7 nitrogen and oxygen atoms in total. The van der Waals surface area contributed by atoms with Crippen LogP contribution in [0.5, 0.6) is 0 Å². The van der Waals surface area contributed by atoms with Crippen molar-refractivity contribution in [2.75, 3.05) is 5.32 Å². The maximum atomic E-state index is 11.6. The van der Waals surface area contributed by atoms with E-state index in [-0.39, 0.29) is 5.92 Å². The average Bonchev–Trinajstić information content (AvgIpc) is 2.28. The molecule has 1 aromatic rings. The highest BCUT2D eigenvalue weighted by atomic mass is 16.4. The van der Waals surface area contributed by atoms with Gasteiger partial charge in [0.1, 0.15) is 12.4 Å². The molecule has 0 aliphatic carbocycles. The van der Waals surface area contributed by atoms with Crippen LogP contribution in [-0.4, -0.2) is 33.1 Å². The Bertz CT molecular complexity index is 408. The van der Waals surface area contributed by atoms with E-state index < -0.39 is 18.0 Å². The van der Waals surface area contributed by atoms with Gasteiger partial charge in [-0.3, -0.25) is 0 Å². The number of hydrogen-bond acceptors (Lipinski definition) is 4. The molecular formula is C11H16N4O3. The van der Waals surface area contributed by atoms with Gasteiger partial charge in [0.15, 0.2) is 0 Å². The first-order valence-electron chi connectivity index (χ1n) is 5.54. The molecule has 0 radical (unpaired) electrons. The van der Waals surface area contributed by atoms with Crippen LogP contribution in [-0.2, 0) is 4.79 Å². The largest absolute Gasteiger partial charge is 0.480 e. The van der Waals surface area contributed by atoms with Gasteiger partial charge in [0.25, 0.3) is 0 Å². The molecule has 1 heterocycles. The summed E-state index contributed by atoms with van der Waals surface area (Å²) in [5.41, 5.74) is 0.406. The number of aromatic nitrogens is 2. The lowest BCUT2D eigenvalue weighted by molar-refractivity contribution is -0.139. The second-order valence-corrected chi connectivity index (χ2v) is 4.25. The number of carboxylic acid groups (broad SMARTS) is 1. The van der Waals surface area contributed by atoms with Gasteiger partial charge in [0.05, 0.1) is 18.1 Å². The number of amides is 2. The lowest BCUT2D eigenvalue weighted by atomic mass is 10.0. The molecule has 7 heteroatoms. The molecule has 0 bridgehead atoms. The molecule has 0 aliphatic heterocycles. The van der Waals surface area contributed by atoms with Gasteiger partial charge in [-0.1, -0.05) is 13.8 Å². The minimum atomic E-state index is -1.05. The van der Waals surface area contributed by atoms with Crippen LogP contribution in [0, 0.1) is 5.92 Å². The fourth-order valence-electron chi connectivity index (χ4n) is 1.38. The number of nitrogens with one attached hydrogen (secondary N) is 2. The number of carboxylic acids is 1. The Balaban J connectivity index is 2.54. The summed E-state index contributed by atoms with van der Waals surface area (Å²) in [6.45, 7) is 3.78. The molecular weight excluding hydrogens is 236 g/mol. The van der Waals surface area contributed by atoms with Crippen molar-refractivity contribution < 1.29 is 14.7 Å². The maximum Gasteiger partial charge on any atom is 0.326 e. The SMILES string of the molecule is CC(C)C[C@H](NC(=O)Nc1cncnc1)C(=O)O. The molecule has 0 saturated heterocycles. The predicted molar refractivity (Wildman–Crippen MR) is 65.1 cm³/mol. The normalized spacial score (nSPS) is 11.9. The monoisotopic (exact) mass is 252 g/mol. The van der Waals surface area contributed by atoms with Crippen LogP contribution in [0.3, 0.4) is 0 Å². The summed E-state index contributed by atoms with van der Waals surface area (Å²) in [7, 11) is 0. The minimum Gasteiger partial charge on any atom is -0.480 e. The third-order valence-corrected chi connectivity index (χ3v) is 2.13. The van der Waals surface area contributed by atoms with Crippen molar-refractivity contribution in [2.24, 2.45) is 5.92 Å². The van der Waals surface area contributed by atoms with E-state index in [2.05, 4.69) is 20.6 Å². The van der Waals surface area contributed by atoms with E-state index in [9.17, 15) is 9.59 Å². The van der Waals surface area contributed by atoms with Crippen LogP contribution < -0.4 is 10.6 Å². The van der Waals surface area contributed by atoms with Gasteiger partial charge in [-0.15, -0.1) is 0 Å². The van der Waals surface area contributed by atoms with E-state index in [0.29, 0.717) is 12.1 Å². The molecule has 0 saturated carbocycles. The van der Waals surface area contributed by atoms with Gasteiger partial charge in [0.2, 0.25) is 0 Å². The first-order valence-corrected chi connectivity index (χ1v) is 5.54. The summed E-state index contributed by atoms with van der Waals surface area (Å²) >= 11 is 0. The van der Waals surface area contributed by atoms with Crippen LogP contribution in [0.15, 0.2) is 18.7 Å². The summed E-state index contributed by atoms with van der Waals surface area (Å²) in [5, 5.41) is 13.8. The summed E-state index contributed by atoms with van der Waals surface area (Å²) < 4.78 is 0. The van der Waals surface area contributed by atoms with Crippen molar-refractivity contribution >= 4 is 17.7 Å². The van der Waals surface area contributed by atoms with E-state index in [1.165, 1.54) is 18.7 Å². The Morgan fingerprint density at radius 1 is 1.33 bits per heavy atom. The zero-order valence-electron chi connectivity index (χ0n) is 10.3. The van der Waals surface area contributed by atoms with E-state index in [0.717, 1.165) is 0 Å². The van der Waals surface area contributed by atoms with Crippen LogP contribution in [0.4, 0.5) is 10.5 Å². The average molecular weight is 252 g/mol. The van der Waals surface area contributed by atoms with Gasteiger partial charge in [-0.2, -0.15) is 0 Å². The molecule has 0 unspecified atom stereocenters. The predicted octanol–water partition coefficient (Wildman–Crippen LogP) is 1.10. The molecule has 3 N–H and O–H groups in total. The van der Waals surface area contributed by atoms with Gasteiger partial charge in [0, 0.05) is 0 Å². The van der Waals surface area contributed by atoms with Crippen LogP contribution >= 0.6 is 0 Å². The smallest absolute Gasteiger partial charge is 0.326 e. The number of nitrogens with zero attached hydrogens (tertiary/aromatic N) is 2. The molecule has 98 valence electrons. The zero-order valence-corrected chi connectivity index (χ0v) is 10.3. The lowest BCUT2D eigenvalue weighted by Crippen LogP contribution is -2.43. The molecule has 1 aromatic heterocycles. The van der Waals surface area contributed by atoms with Gasteiger partial charge in [-0.25, -0.2) is 19.6 Å². The maximum absolute atomic E-state index is 11.6. The number of urea groups is 1. The second-order valence-electron chi connectivity index (χ2n) is 4.25. The van der Waals surface area contributed by atoms with Crippen molar-refractivity contribution in [1.82, 2.24) is 15.3 Å². The van der Waals surface area contributed by atoms with Crippen LogP contribution in [0.1, 0.15) is 20.3 Å². The topological polar surface area (TPSA) is 104 Å². The standard InChI is InChI=1S/C11H16N4O3/c1-7(2)3-9(10(16)17)15-11(18)14-8-4-12-6-13-5-8/h4-7,9H,3H2,1-2H3,(H,16,17)(H2,14,15,18)/t9-/m0/s1. The number of carbonyl (C=O) groups is 2. The van der Waals surface area contributed by atoms with E-state index in [1.807, 2.05) is 13.8 Å². The lowest BCUT2D eigenvalue weighted by Gasteiger charge is -2.16. The van der Waals surface area contributed by atoms with Crippen molar-refractivity contribution in [3.05, 3.63) is 18.7 Å². The number of carbonyl (C=O) groups excluding carboxylic acids is 1. The van der Waals surface area contributed by atoms with Crippen molar-refractivity contribution in [1.29, 1.82) is 0 Å². The molecule has 2 amide bonds. The van der Waals surface area contributed by atoms with Crippen LogP contribution in [0.2, 0.25) is 0 Å². The summed E-state index contributed by atoms with van der Waals surface area (Å²) in [4.78, 5) is 30.0. The third-order valence-electron chi connectivity index (χ3n) is 2.13. The Hall–Kier alpha value is -2.18. The summed E-state index contributed by atoms with van der Waals surface area (Å²) in [6.07, 6.45) is 4.55. The van der Waals surface area contributed by atoms with E-state index >= 15 is 0 Å². The van der Waals surface area contributed by atoms with Gasteiger partial charge >= 0.3 is 12.0 Å². The highest BCUT2D eigenvalue weighted by molar-refractivity contribution is 5.91. The first kappa shape index (κ1) is 13.9.